The molecule has 0 saturated heterocycles. The number of rotatable bonds is 3. The molecule has 1 nitrogen and oxygen atoms in total. The van der Waals surface area contributed by atoms with E-state index in [0.717, 1.165) is 10.7 Å². The molecule has 0 spiro atoms. The van der Waals surface area contributed by atoms with Crippen LogP contribution in [0, 0.1) is 13.8 Å². The minimum absolute atomic E-state index is 0.240. The fraction of sp³-hybridized carbons (Fsp3) is 0.250. The monoisotopic (exact) mass is 259 g/mol. The lowest BCUT2D eigenvalue weighted by atomic mass is 10.1. The molecule has 0 radical (unpaired) electrons. The second kappa shape index (κ2) is 5.45. The van der Waals surface area contributed by atoms with Gasteiger partial charge >= 0.3 is 0 Å². The summed E-state index contributed by atoms with van der Waals surface area (Å²) in [7, 11) is 0. The molecule has 18 heavy (non-hydrogen) atoms. The Morgan fingerprint density at radius 3 is 2.44 bits per heavy atom. The van der Waals surface area contributed by atoms with E-state index in [-0.39, 0.29) is 6.04 Å². The van der Waals surface area contributed by atoms with E-state index in [1.807, 2.05) is 12.1 Å². The molecule has 0 aliphatic heterocycles. The van der Waals surface area contributed by atoms with E-state index in [2.05, 4.69) is 56.4 Å². The highest BCUT2D eigenvalue weighted by Gasteiger charge is 2.07. The summed E-state index contributed by atoms with van der Waals surface area (Å²) in [5.74, 6) is 0. The molecule has 2 aromatic carbocycles. The van der Waals surface area contributed by atoms with Crippen LogP contribution in [0.15, 0.2) is 42.5 Å². The Hall–Kier alpha value is -1.47. The molecular formula is C16H18ClN. The Morgan fingerprint density at radius 2 is 1.72 bits per heavy atom. The Kier molecular flexibility index (Phi) is 3.93. The number of benzene rings is 2. The van der Waals surface area contributed by atoms with Gasteiger partial charge in [-0.2, -0.15) is 0 Å². The van der Waals surface area contributed by atoms with Crippen molar-refractivity contribution in [2.45, 2.75) is 26.8 Å². The van der Waals surface area contributed by atoms with Gasteiger partial charge in [-0.05, 0) is 44.0 Å². The largest absolute Gasteiger partial charge is 0.377 e. The van der Waals surface area contributed by atoms with E-state index in [1.165, 1.54) is 16.7 Å². The van der Waals surface area contributed by atoms with Crippen LogP contribution >= 0.6 is 11.6 Å². The highest BCUT2D eigenvalue weighted by Crippen LogP contribution is 2.27. The molecular weight excluding hydrogens is 242 g/mol. The molecule has 1 N–H and O–H groups in total. The molecule has 1 atom stereocenters. The fourth-order valence-electron chi connectivity index (χ4n) is 2.01. The highest BCUT2D eigenvalue weighted by molar-refractivity contribution is 6.33. The maximum Gasteiger partial charge on any atom is 0.0637 e. The lowest BCUT2D eigenvalue weighted by Gasteiger charge is -2.17. The molecule has 2 aromatic rings. The summed E-state index contributed by atoms with van der Waals surface area (Å²) in [6.45, 7) is 6.32. The van der Waals surface area contributed by atoms with Crippen molar-refractivity contribution >= 4 is 17.3 Å². The van der Waals surface area contributed by atoms with Gasteiger partial charge in [0.05, 0.1) is 10.7 Å². The normalized spacial score (nSPS) is 12.2. The van der Waals surface area contributed by atoms with Gasteiger partial charge in [-0.1, -0.05) is 47.5 Å². The van der Waals surface area contributed by atoms with E-state index in [1.54, 1.807) is 0 Å². The highest BCUT2D eigenvalue weighted by atomic mass is 35.5. The topological polar surface area (TPSA) is 12.0 Å². The Balaban J connectivity index is 2.21. The van der Waals surface area contributed by atoms with Crippen LogP contribution in [0.3, 0.4) is 0 Å². The standard InChI is InChI=1S/C16H18ClN/c1-11-5-4-6-14(9-11)13(3)18-16-10-12(2)7-8-15(16)17/h4-10,13,18H,1-3H3. The smallest absolute Gasteiger partial charge is 0.0637 e. The molecule has 1 unspecified atom stereocenters. The summed E-state index contributed by atoms with van der Waals surface area (Å²) in [6.07, 6.45) is 0. The van der Waals surface area contributed by atoms with E-state index in [0.29, 0.717) is 0 Å². The third-order valence-corrected chi connectivity index (χ3v) is 3.37. The van der Waals surface area contributed by atoms with Gasteiger partial charge in [0.15, 0.2) is 0 Å². The maximum absolute atomic E-state index is 6.20. The van der Waals surface area contributed by atoms with Gasteiger partial charge in [-0.25, -0.2) is 0 Å². The molecule has 0 heterocycles. The Morgan fingerprint density at radius 1 is 1.00 bits per heavy atom. The van der Waals surface area contributed by atoms with Crippen molar-refractivity contribution in [3.8, 4) is 0 Å². The van der Waals surface area contributed by atoms with Crippen LogP contribution in [0.5, 0.6) is 0 Å². The first-order valence-corrected chi connectivity index (χ1v) is 6.53. The van der Waals surface area contributed by atoms with Gasteiger partial charge in [0.1, 0.15) is 0 Å². The predicted octanol–water partition coefficient (Wildman–Crippen LogP) is 5.13. The molecule has 2 heteroatoms. The summed E-state index contributed by atoms with van der Waals surface area (Å²) in [5.41, 5.74) is 4.74. The van der Waals surface area contributed by atoms with Crippen molar-refractivity contribution in [1.82, 2.24) is 0 Å². The molecule has 0 fully saturated rings. The minimum atomic E-state index is 0.240. The third-order valence-electron chi connectivity index (χ3n) is 3.04. The summed E-state index contributed by atoms with van der Waals surface area (Å²) in [6, 6.07) is 14.8. The summed E-state index contributed by atoms with van der Waals surface area (Å²) >= 11 is 6.20. The SMILES string of the molecule is Cc1cccc(C(C)Nc2cc(C)ccc2Cl)c1. The minimum Gasteiger partial charge on any atom is -0.377 e. The van der Waals surface area contributed by atoms with E-state index in [9.17, 15) is 0 Å². The van der Waals surface area contributed by atoms with E-state index >= 15 is 0 Å². The summed E-state index contributed by atoms with van der Waals surface area (Å²) < 4.78 is 0. The van der Waals surface area contributed by atoms with Crippen molar-refractivity contribution in [3.63, 3.8) is 0 Å². The van der Waals surface area contributed by atoms with Crippen molar-refractivity contribution in [2.75, 3.05) is 5.32 Å². The zero-order valence-electron chi connectivity index (χ0n) is 11.0. The Bertz CT molecular complexity index is 549. The van der Waals surface area contributed by atoms with E-state index in [4.69, 9.17) is 11.6 Å². The molecule has 0 aliphatic carbocycles. The van der Waals surface area contributed by atoms with Crippen LogP contribution in [-0.2, 0) is 0 Å². The number of hydrogen-bond donors (Lipinski definition) is 1. The van der Waals surface area contributed by atoms with Crippen LogP contribution in [0.2, 0.25) is 5.02 Å². The molecule has 2 rings (SSSR count). The fourth-order valence-corrected chi connectivity index (χ4v) is 2.18. The predicted molar refractivity (Wildman–Crippen MR) is 79.4 cm³/mol. The van der Waals surface area contributed by atoms with Crippen molar-refractivity contribution < 1.29 is 0 Å². The first kappa shape index (κ1) is 13.0. The number of halogens is 1. The molecule has 0 aromatic heterocycles. The molecule has 94 valence electrons. The van der Waals surface area contributed by atoms with Crippen LogP contribution < -0.4 is 5.32 Å². The lowest BCUT2D eigenvalue weighted by Crippen LogP contribution is -2.07. The number of nitrogens with one attached hydrogen (secondary N) is 1. The van der Waals surface area contributed by atoms with Crippen LogP contribution in [0.25, 0.3) is 0 Å². The van der Waals surface area contributed by atoms with Crippen LogP contribution in [0.1, 0.15) is 29.7 Å². The number of hydrogen-bond acceptors (Lipinski definition) is 1. The summed E-state index contributed by atoms with van der Waals surface area (Å²) in [5, 5.41) is 4.23. The van der Waals surface area contributed by atoms with E-state index < -0.39 is 0 Å². The zero-order chi connectivity index (χ0) is 13.1. The zero-order valence-corrected chi connectivity index (χ0v) is 11.8. The van der Waals surface area contributed by atoms with Crippen molar-refractivity contribution in [1.29, 1.82) is 0 Å². The molecule has 0 aliphatic rings. The average Bonchev–Trinajstić information content (AvgIpc) is 2.34. The average molecular weight is 260 g/mol. The molecule has 0 bridgehead atoms. The maximum atomic E-state index is 6.20. The number of anilines is 1. The van der Waals surface area contributed by atoms with Gasteiger partial charge < -0.3 is 5.32 Å². The molecule has 0 amide bonds. The van der Waals surface area contributed by atoms with Gasteiger partial charge in [-0.15, -0.1) is 0 Å². The third kappa shape index (κ3) is 3.05. The number of aryl methyl sites for hydroxylation is 2. The summed E-state index contributed by atoms with van der Waals surface area (Å²) in [4.78, 5) is 0. The Labute approximate surface area is 114 Å². The van der Waals surface area contributed by atoms with Crippen LogP contribution in [0.4, 0.5) is 5.69 Å². The second-order valence-corrected chi connectivity index (χ2v) is 5.17. The van der Waals surface area contributed by atoms with Crippen LogP contribution in [-0.4, -0.2) is 0 Å². The lowest BCUT2D eigenvalue weighted by molar-refractivity contribution is 0.882. The van der Waals surface area contributed by atoms with Gasteiger partial charge in [0.2, 0.25) is 0 Å². The quantitative estimate of drug-likeness (QED) is 0.806. The second-order valence-electron chi connectivity index (χ2n) is 4.76. The first-order valence-electron chi connectivity index (χ1n) is 6.15. The van der Waals surface area contributed by atoms with Crippen molar-refractivity contribution in [3.05, 3.63) is 64.2 Å². The molecule has 0 saturated carbocycles. The van der Waals surface area contributed by atoms with Gasteiger partial charge in [-0.3, -0.25) is 0 Å². The van der Waals surface area contributed by atoms with Crippen molar-refractivity contribution in [2.24, 2.45) is 0 Å². The first-order chi connectivity index (χ1) is 8.56. The van der Waals surface area contributed by atoms with Gasteiger partial charge in [0.25, 0.3) is 0 Å². The van der Waals surface area contributed by atoms with Gasteiger partial charge in [0, 0.05) is 6.04 Å².